The van der Waals surface area contributed by atoms with E-state index in [0.29, 0.717) is 19.1 Å². The highest BCUT2D eigenvalue weighted by Gasteiger charge is 2.30. The van der Waals surface area contributed by atoms with Crippen molar-refractivity contribution in [1.29, 1.82) is 0 Å². The summed E-state index contributed by atoms with van der Waals surface area (Å²) in [5.41, 5.74) is 2.34. The first-order valence-electron chi connectivity index (χ1n) is 11.8. The first kappa shape index (κ1) is 23.7. The van der Waals surface area contributed by atoms with Crippen molar-refractivity contribution in [3.8, 4) is 0 Å². The molecule has 0 radical (unpaired) electrons. The summed E-state index contributed by atoms with van der Waals surface area (Å²) >= 11 is 0. The smallest absolute Gasteiger partial charge is 0.311 e. The lowest BCUT2D eigenvalue weighted by Crippen LogP contribution is -2.39. The van der Waals surface area contributed by atoms with Gasteiger partial charge in [0.05, 0.1) is 32.2 Å². The number of nitrogens with zero attached hydrogens (tertiary/aromatic N) is 1. The van der Waals surface area contributed by atoms with Gasteiger partial charge in [-0.2, -0.15) is 0 Å². The van der Waals surface area contributed by atoms with Crippen LogP contribution in [0.15, 0.2) is 36.4 Å². The van der Waals surface area contributed by atoms with Crippen molar-refractivity contribution in [2.24, 2.45) is 5.41 Å². The molecule has 1 heterocycles. The summed E-state index contributed by atoms with van der Waals surface area (Å²) in [5.74, 6) is 0.237. The molecular weight excluding hydrogens is 386 g/mol. The number of esters is 1. The van der Waals surface area contributed by atoms with Crippen LogP contribution in [0.3, 0.4) is 0 Å². The average molecular weight is 427 g/mol. The molecule has 2 aromatic carbocycles. The Morgan fingerprint density at radius 1 is 1.06 bits per heavy atom. The van der Waals surface area contributed by atoms with Gasteiger partial charge in [-0.1, -0.05) is 43.3 Å². The standard InChI is InChI=1S/C27H40NO3/c1-21(14-15-27(2,3)26(29)31-19-18-30-5)23-11-9-12-24-22(10-8-13-25(23)24)20-28(4)16-6-7-17-28/h8-13,21H,6-7,14-20H2,1-5H3/q+1. The van der Waals surface area contributed by atoms with Crippen LogP contribution in [0.25, 0.3) is 10.8 Å². The number of hydrogen-bond acceptors (Lipinski definition) is 3. The largest absolute Gasteiger partial charge is 0.463 e. The summed E-state index contributed by atoms with van der Waals surface area (Å²) in [4.78, 5) is 12.5. The zero-order chi connectivity index (χ0) is 22.5. The minimum absolute atomic E-state index is 0.139. The van der Waals surface area contributed by atoms with E-state index in [1.54, 1.807) is 7.11 Å². The maximum Gasteiger partial charge on any atom is 0.311 e. The van der Waals surface area contributed by atoms with Crippen LogP contribution < -0.4 is 0 Å². The third-order valence-electron chi connectivity index (χ3n) is 7.05. The SMILES string of the molecule is COCCOC(=O)C(C)(C)CCC(C)c1cccc2c(C[N+]3(C)CCCC3)cccc12. The highest BCUT2D eigenvalue weighted by Crippen LogP contribution is 2.35. The molecule has 0 N–H and O–H groups in total. The number of carbonyl (C=O) groups excluding carboxylic acids is 1. The molecule has 0 spiro atoms. The van der Waals surface area contributed by atoms with Gasteiger partial charge in [-0.25, -0.2) is 0 Å². The van der Waals surface area contributed by atoms with Gasteiger partial charge in [0.25, 0.3) is 0 Å². The number of ether oxygens (including phenoxy) is 2. The normalized spacial score (nSPS) is 17.1. The van der Waals surface area contributed by atoms with Gasteiger partial charge < -0.3 is 14.0 Å². The van der Waals surface area contributed by atoms with Crippen LogP contribution in [0.4, 0.5) is 0 Å². The molecule has 1 unspecified atom stereocenters. The van der Waals surface area contributed by atoms with Crippen molar-refractivity contribution in [3.63, 3.8) is 0 Å². The van der Waals surface area contributed by atoms with Gasteiger partial charge in [-0.3, -0.25) is 4.79 Å². The van der Waals surface area contributed by atoms with E-state index in [0.717, 1.165) is 23.9 Å². The van der Waals surface area contributed by atoms with Crippen LogP contribution >= 0.6 is 0 Å². The molecule has 31 heavy (non-hydrogen) atoms. The van der Waals surface area contributed by atoms with Crippen LogP contribution in [0.1, 0.15) is 63.5 Å². The first-order chi connectivity index (χ1) is 14.8. The summed E-state index contributed by atoms with van der Waals surface area (Å²) in [6.07, 6.45) is 4.43. The molecule has 2 aromatic rings. The molecule has 170 valence electrons. The highest BCUT2D eigenvalue weighted by atomic mass is 16.6. The Labute approximate surface area is 188 Å². The first-order valence-corrected chi connectivity index (χ1v) is 11.8. The predicted octanol–water partition coefficient (Wildman–Crippen LogP) is 5.68. The van der Waals surface area contributed by atoms with Crippen LogP contribution in [-0.2, 0) is 20.8 Å². The fraction of sp³-hybridized carbons (Fsp3) is 0.593. The van der Waals surface area contributed by atoms with Crippen LogP contribution in [0, 0.1) is 5.41 Å². The monoisotopic (exact) mass is 426 g/mol. The van der Waals surface area contributed by atoms with Gasteiger partial charge in [-0.15, -0.1) is 0 Å². The Morgan fingerprint density at radius 2 is 1.74 bits per heavy atom. The molecule has 1 fully saturated rings. The molecule has 0 aromatic heterocycles. The third kappa shape index (κ3) is 5.87. The van der Waals surface area contributed by atoms with Gasteiger partial charge in [-0.05, 0) is 48.9 Å². The van der Waals surface area contributed by atoms with Gasteiger partial charge >= 0.3 is 5.97 Å². The molecule has 4 heteroatoms. The molecule has 0 amide bonds. The fourth-order valence-corrected chi connectivity index (χ4v) is 4.88. The topological polar surface area (TPSA) is 35.5 Å². The van der Waals surface area contributed by atoms with E-state index in [4.69, 9.17) is 9.47 Å². The predicted molar refractivity (Wildman–Crippen MR) is 127 cm³/mol. The minimum atomic E-state index is -0.494. The summed E-state index contributed by atoms with van der Waals surface area (Å²) in [5, 5.41) is 2.75. The second-order valence-electron chi connectivity index (χ2n) is 10.2. The summed E-state index contributed by atoms with van der Waals surface area (Å²) in [7, 11) is 4.01. The summed E-state index contributed by atoms with van der Waals surface area (Å²) < 4.78 is 11.5. The highest BCUT2D eigenvalue weighted by molar-refractivity contribution is 5.89. The molecule has 1 aliphatic heterocycles. The van der Waals surface area contributed by atoms with E-state index in [1.807, 2.05) is 13.8 Å². The van der Waals surface area contributed by atoms with Crippen molar-refractivity contribution < 1.29 is 18.8 Å². The number of methoxy groups -OCH3 is 1. The molecule has 0 saturated carbocycles. The van der Waals surface area contributed by atoms with Crippen LogP contribution in [-0.4, -0.2) is 50.9 Å². The van der Waals surface area contributed by atoms with E-state index in [9.17, 15) is 4.79 Å². The fourth-order valence-electron chi connectivity index (χ4n) is 4.88. The van der Waals surface area contributed by atoms with E-state index in [2.05, 4.69) is 50.4 Å². The molecule has 4 nitrogen and oxygen atoms in total. The number of likely N-dealkylation sites (tertiary alicyclic amines) is 1. The zero-order valence-electron chi connectivity index (χ0n) is 20.1. The van der Waals surface area contributed by atoms with Crippen LogP contribution in [0.5, 0.6) is 0 Å². The second kappa shape index (κ2) is 10.1. The Morgan fingerprint density at radius 3 is 2.45 bits per heavy atom. The second-order valence-corrected chi connectivity index (χ2v) is 10.2. The quantitative estimate of drug-likeness (QED) is 0.279. The van der Waals surface area contributed by atoms with Gasteiger partial charge in [0.15, 0.2) is 0 Å². The van der Waals surface area contributed by atoms with Gasteiger partial charge in [0.1, 0.15) is 13.2 Å². The molecule has 0 bridgehead atoms. The Kier molecular flexibility index (Phi) is 7.77. The van der Waals surface area contributed by atoms with Gasteiger partial charge in [0, 0.05) is 25.5 Å². The number of carbonyl (C=O) groups is 1. The van der Waals surface area contributed by atoms with Gasteiger partial charge in [0.2, 0.25) is 0 Å². The maximum atomic E-state index is 12.5. The Bertz CT molecular complexity index is 883. The van der Waals surface area contributed by atoms with E-state index >= 15 is 0 Å². The van der Waals surface area contributed by atoms with E-state index < -0.39 is 5.41 Å². The minimum Gasteiger partial charge on any atom is -0.463 e. The van der Waals surface area contributed by atoms with Crippen molar-refractivity contribution in [1.82, 2.24) is 0 Å². The summed E-state index contributed by atoms with van der Waals surface area (Å²) in [6, 6.07) is 13.5. The molecule has 3 rings (SSSR count). The number of rotatable bonds is 10. The third-order valence-corrected chi connectivity index (χ3v) is 7.05. The van der Waals surface area contributed by atoms with E-state index in [1.165, 1.54) is 47.8 Å². The van der Waals surface area contributed by atoms with E-state index in [-0.39, 0.29) is 5.97 Å². The summed E-state index contributed by atoms with van der Waals surface area (Å²) in [6.45, 7) is 10.7. The molecule has 0 aliphatic carbocycles. The average Bonchev–Trinajstić information content (AvgIpc) is 3.18. The molecule has 1 saturated heterocycles. The van der Waals surface area contributed by atoms with Crippen molar-refractivity contribution in [2.75, 3.05) is 40.5 Å². The lowest BCUT2D eigenvalue weighted by atomic mass is 9.82. The van der Waals surface area contributed by atoms with Crippen molar-refractivity contribution in [3.05, 3.63) is 47.5 Å². The lowest BCUT2D eigenvalue weighted by Gasteiger charge is -2.30. The number of hydrogen-bond donors (Lipinski definition) is 0. The molecule has 1 aliphatic rings. The van der Waals surface area contributed by atoms with Crippen molar-refractivity contribution >= 4 is 16.7 Å². The van der Waals surface area contributed by atoms with Crippen molar-refractivity contribution in [2.45, 2.75) is 58.9 Å². The Hall–Kier alpha value is -1.91. The maximum absolute atomic E-state index is 12.5. The Balaban J connectivity index is 1.73. The number of fused-ring (bicyclic) bond motifs is 1. The van der Waals surface area contributed by atoms with Crippen LogP contribution in [0.2, 0.25) is 0 Å². The number of benzene rings is 2. The molecular formula is C27H40NO3+. The number of quaternary nitrogens is 1. The molecule has 1 atom stereocenters. The zero-order valence-corrected chi connectivity index (χ0v) is 20.1. The lowest BCUT2D eigenvalue weighted by molar-refractivity contribution is -0.910.